The van der Waals surface area contributed by atoms with Gasteiger partial charge in [-0.25, -0.2) is 18.6 Å². The van der Waals surface area contributed by atoms with E-state index >= 15 is 0 Å². The second-order valence-corrected chi connectivity index (χ2v) is 10.6. The third-order valence-corrected chi connectivity index (χ3v) is 7.61. The van der Waals surface area contributed by atoms with E-state index in [1.54, 1.807) is 31.3 Å². The minimum absolute atomic E-state index is 0.0273. The number of halogens is 4. The monoisotopic (exact) mass is 612 g/mol. The average molecular weight is 613 g/mol. The number of anilines is 1. The maximum atomic E-state index is 14.9. The number of ether oxygens (including phenoxy) is 1. The van der Waals surface area contributed by atoms with Gasteiger partial charge in [-0.2, -0.15) is 5.10 Å². The third kappa shape index (κ3) is 4.72. The Labute approximate surface area is 245 Å². The van der Waals surface area contributed by atoms with Gasteiger partial charge in [0.05, 0.1) is 42.2 Å². The van der Waals surface area contributed by atoms with E-state index in [4.69, 9.17) is 27.9 Å². The van der Waals surface area contributed by atoms with Gasteiger partial charge in [-0.05, 0) is 41.5 Å². The van der Waals surface area contributed by atoms with E-state index in [0.29, 0.717) is 27.9 Å². The van der Waals surface area contributed by atoms with Gasteiger partial charge in [-0.15, -0.1) is 0 Å². The number of carbonyl (C=O) groups is 1. The highest BCUT2D eigenvalue weighted by molar-refractivity contribution is 6.34. The van der Waals surface area contributed by atoms with Gasteiger partial charge in [0, 0.05) is 29.9 Å². The molecule has 0 aliphatic carbocycles. The van der Waals surface area contributed by atoms with Crippen LogP contribution in [0.5, 0.6) is 5.75 Å². The molecule has 10 nitrogen and oxygen atoms in total. The number of methoxy groups -OCH3 is 1. The molecule has 0 spiro atoms. The number of aryl methyl sites for hydroxylation is 1. The molecule has 1 N–H and O–H groups in total. The highest BCUT2D eigenvalue weighted by Crippen LogP contribution is 2.38. The number of hydrogen-bond donors (Lipinski definition) is 1. The van der Waals surface area contributed by atoms with Crippen LogP contribution in [0.25, 0.3) is 22.0 Å². The van der Waals surface area contributed by atoms with Gasteiger partial charge in [0.2, 0.25) is 5.91 Å². The molecule has 0 saturated carbocycles. The summed E-state index contributed by atoms with van der Waals surface area (Å²) >= 11 is 12.5. The lowest BCUT2D eigenvalue weighted by Gasteiger charge is -2.18. The topological polar surface area (TPSA) is 113 Å². The van der Waals surface area contributed by atoms with Gasteiger partial charge in [-0.1, -0.05) is 23.2 Å². The first-order valence-electron chi connectivity index (χ1n) is 12.5. The summed E-state index contributed by atoms with van der Waals surface area (Å²) in [5.41, 5.74) is 0.837. The molecular formula is C28H20Cl2F2N6O4. The molecule has 1 aliphatic rings. The molecule has 42 heavy (non-hydrogen) atoms. The molecule has 2 aromatic heterocycles. The van der Waals surface area contributed by atoms with Crippen LogP contribution in [0.4, 0.5) is 14.5 Å². The lowest BCUT2D eigenvalue weighted by Crippen LogP contribution is -2.41. The van der Waals surface area contributed by atoms with Crippen LogP contribution in [-0.4, -0.2) is 36.9 Å². The van der Waals surface area contributed by atoms with Gasteiger partial charge in [0.15, 0.2) is 5.82 Å². The zero-order valence-corrected chi connectivity index (χ0v) is 23.6. The minimum Gasteiger partial charge on any atom is -0.496 e. The Kier molecular flexibility index (Phi) is 6.82. The van der Waals surface area contributed by atoms with Crippen LogP contribution >= 0.6 is 23.2 Å². The lowest BCUT2D eigenvalue weighted by atomic mass is 9.99. The Morgan fingerprint density at radius 2 is 1.76 bits per heavy atom. The van der Waals surface area contributed by atoms with Crippen molar-refractivity contribution < 1.29 is 18.3 Å². The van der Waals surface area contributed by atoms with Crippen molar-refractivity contribution in [2.75, 3.05) is 12.4 Å². The van der Waals surface area contributed by atoms with E-state index in [1.807, 2.05) is 0 Å². The van der Waals surface area contributed by atoms with Gasteiger partial charge >= 0.3 is 5.69 Å². The molecule has 0 bridgehead atoms. The van der Waals surface area contributed by atoms with Gasteiger partial charge in [0.25, 0.3) is 5.56 Å². The normalized spacial score (nSPS) is 12.6. The number of rotatable bonds is 6. The van der Waals surface area contributed by atoms with Gasteiger partial charge in [-0.3, -0.25) is 23.4 Å². The molecular weight excluding hydrogens is 593 g/mol. The van der Waals surface area contributed by atoms with Crippen molar-refractivity contribution in [2.24, 2.45) is 7.05 Å². The fourth-order valence-electron chi connectivity index (χ4n) is 5.03. The standard InChI is InChI=1S/C28H20Cl2F2N6O4/c1-36-12-33-24(35-36)11-38-27(40)26-22(37(28(38)41)10-15-4-18(30)20(32)9-19(15)31)5-13(6-23(26)42-2)16-3-14-7-25(39)34-21(14)8-17(16)29/h3-6,8-9,12H,7,10-11H2,1-2H3,(H,34,39). The van der Waals surface area contributed by atoms with Crippen LogP contribution in [0.15, 0.2) is 52.3 Å². The van der Waals surface area contributed by atoms with Crippen LogP contribution in [0.2, 0.25) is 10.0 Å². The first-order chi connectivity index (χ1) is 20.0. The number of fused-ring (bicyclic) bond motifs is 2. The average Bonchev–Trinajstić information content (AvgIpc) is 3.53. The Morgan fingerprint density at radius 1 is 0.976 bits per heavy atom. The largest absolute Gasteiger partial charge is 0.496 e. The molecule has 0 radical (unpaired) electrons. The second-order valence-electron chi connectivity index (χ2n) is 9.74. The molecule has 3 aromatic carbocycles. The molecule has 0 unspecified atom stereocenters. The first kappa shape index (κ1) is 27.6. The van der Waals surface area contributed by atoms with E-state index in [9.17, 15) is 23.2 Å². The quantitative estimate of drug-likeness (QED) is 0.288. The number of amides is 1. The van der Waals surface area contributed by atoms with E-state index in [1.165, 1.54) is 22.7 Å². The predicted molar refractivity (Wildman–Crippen MR) is 152 cm³/mol. The summed E-state index contributed by atoms with van der Waals surface area (Å²) < 4.78 is 38.0. The van der Waals surface area contributed by atoms with Crippen molar-refractivity contribution in [3.05, 3.63) is 102 Å². The lowest BCUT2D eigenvalue weighted by molar-refractivity contribution is -0.115. The van der Waals surface area contributed by atoms with E-state index in [2.05, 4.69) is 15.4 Å². The molecule has 1 aliphatic heterocycles. The van der Waals surface area contributed by atoms with Crippen LogP contribution in [0.3, 0.4) is 0 Å². The number of hydrogen-bond acceptors (Lipinski definition) is 6. The van der Waals surface area contributed by atoms with Crippen molar-refractivity contribution in [1.82, 2.24) is 23.9 Å². The SMILES string of the molecule is COc1cc(-c2cc3c(cc2Cl)NC(=O)C3)cc2c1c(=O)n(Cc1ncn(C)n1)c(=O)n2Cc1cc(Cl)c(F)cc1F. The van der Waals surface area contributed by atoms with E-state index in [0.717, 1.165) is 16.2 Å². The molecule has 0 saturated heterocycles. The van der Waals surface area contributed by atoms with Gasteiger partial charge < -0.3 is 10.1 Å². The van der Waals surface area contributed by atoms with Crippen LogP contribution in [-0.2, 0) is 31.4 Å². The predicted octanol–water partition coefficient (Wildman–Crippen LogP) is 4.14. The van der Waals surface area contributed by atoms with Crippen molar-refractivity contribution in [1.29, 1.82) is 0 Å². The first-order valence-corrected chi connectivity index (χ1v) is 13.3. The molecule has 14 heteroatoms. The van der Waals surface area contributed by atoms with Crippen molar-refractivity contribution in [3.63, 3.8) is 0 Å². The number of carbonyl (C=O) groups excluding carboxylic acids is 1. The van der Waals surface area contributed by atoms with Gasteiger partial charge in [0.1, 0.15) is 29.1 Å². The highest BCUT2D eigenvalue weighted by Gasteiger charge is 2.24. The summed E-state index contributed by atoms with van der Waals surface area (Å²) in [6.45, 7) is -0.677. The van der Waals surface area contributed by atoms with E-state index in [-0.39, 0.29) is 51.9 Å². The number of aromatic nitrogens is 5. The van der Waals surface area contributed by atoms with Crippen molar-refractivity contribution in [2.45, 2.75) is 19.5 Å². The maximum Gasteiger partial charge on any atom is 0.332 e. The minimum atomic E-state index is -0.954. The Bertz CT molecular complexity index is 2070. The van der Waals surface area contributed by atoms with Crippen LogP contribution in [0.1, 0.15) is 17.0 Å². The summed E-state index contributed by atoms with van der Waals surface area (Å²) in [6.07, 6.45) is 1.58. The molecule has 1 amide bonds. The molecule has 3 heterocycles. The zero-order chi connectivity index (χ0) is 29.9. The second kappa shape index (κ2) is 10.4. The number of nitrogens with zero attached hydrogens (tertiary/aromatic N) is 5. The Hall–Kier alpha value is -4.55. The Balaban J connectivity index is 1.64. The molecule has 0 atom stereocenters. The smallest absolute Gasteiger partial charge is 0.332 e. The molecule has 214 valence electrons. The zero-order valence-electron chi connectivity index (χ0n) is 22.0. The summed E-state index contributed by atoms with van der Waals surface area (Å²) in [6, 6.07) is 8.23. The fourth-order valence-corrected chi connectivity index (χ4v) is 5.49. The van der Waals surface area contributed by atoms with E-state index < -0.39 is 29.4 Å². The Morgan fingerprint density at radius 3 is 2.48 bits per heavy atom. The maximum absolute atomic E-state index is 14.9. The highest BCUT2D eigenvalue weighted by atomic mass is 35.5. The molecule has 5 aromatic rings. The van der Waals surface area contributed by atoms with Crippen molar-refractivity contribution in [3.8, 4) is 16.9 Å². The third-order valence-electron chi connectivity index (χ3n) is 7.01. The summed E-state index contributed by atoms with van der Waals surface area (Å²) in [5, 5.41) is 6.90. The summed E-state index contributed by atoms with van der Waals surface area (Å²) in [4.78, 5) is 43.8. The summed E-state index contributed by atoms with van der Waals surface area (Å²) in [5.74, 6) is -1.74. The van der Waals surface area contributed by atoms with Crippen LogP contribution < -0.4 is 21.3 Å². The van der Waals surface area contributed by atoms with Crippen molar-refractivity contribution >= 4 is 45.7 Å². The fraction of sp³-hybridized carbons (Fsp3) is 0.179. The number of nitrogens with one attached hydrogen (secondary N) is 1. The number of benzene rings is 3. The van der Waals surface area contributed by atoms with Crippen LogP contribution in [0, 0.1) is 11.6 Å². The molecule has 6 rings (SSSR count). The summed E-state index contributed by atoms with van der Waals surface area (Å²) in [7, 11) is 3.00. The molecule has 0 fully saturated rings.